The van der Waals surface area contributed by atoms with Crippen LogP contribution in [0.3, 0.4) is 0 Å². The van der Waals surface area contributed by atoms with E-state index >= 15 is 0 Å². The van der Waals surface area contributed by atoms with Crippen molar-refractivity contribution in [2.24, 2.45) is 5.73 Å². The maximum absolute atomic E-state index is 11.9. The summed E-state index contributed by atoms with van der Waals surface area (Å²) in [4.78, 5) is 11.9. The summed E-state index contributed by atoms with van der Waals surface area (Å²) in [6.45, 7) is 2.59. The van der Waals surface area contributed by atoms with Crippen LogP contribution in [0, 0.1) is 0 Å². The molecule has 3 nitrogen and oxygen atoms in total. The molecule has 1 aromatic rings. The van der Waals surface area contributed by atoms with E-state index in [2.05, 4.69) is 12.2 Å². The van der Waals surface area contributed by atoms with Gasteiger partial charge in [-0.05, 0) is 30.4 Å². The maximum Gasteiger partial charge on any atom is 0.251 e. The standard InChI is InChI=1S/C13H20N2OS/c1-3-12(9-17-2)15-13(16)11-6-4-10(8-14)5-7-11/h4-7,12H,3,8-9,14H2,1-2H3,(H,15,16). The smallest absolute Gasteiger partial charge is 0.251 e. The Kier molecular flexibility index (Phi) is 6.08. The summed E-state index contributed by atoms with van der Waals surface area (Å²) >= 11 is 1.75. The molecule has 0 bridgehead atoms. The first kappa shape index (κ1) is 14.1. The van der Waals surface area contributed by atoms with Crippen molar-refractivity contribution in [1.82, 2.24) is 5.32 Å². The normalized spacial score (nSPS) is 12.2. The molecule has 0 aliphatic heterocycles. The number of thioether (sulfide) groups is 1. The van der Waals surface area contributed by atoms with E-state index in [0.29, 0.717) is 12.1 Å². The van der Waals surface area contributed by atoms with E-state index in [4.69, 9.17) is 5.73 Å². The van der Waals surface area contributed by atoms with Crippen LogP contribution in [0.1, 0.15) is 29.3 Å². The minimum Gasteiger partial charge on any atom is -0.348 e. The number of benzene rings is 1. The second-order valence-electron chi connectivity index (χ2n) is 3.94. The number of hydrogen-bond acceptors (Lipinski definition) is 3. The van der Waals surface area contributed by atoms with Gasteiger partial charge in [-0.2, -0.15) is 11.8 Å². The van der Waals surface area contributed by atoms with Gasteiger partial charge >= 0.3 is 0 Å². The van der Waals surface area contributed by atoms with E-state index < -0.39 is 0 Å². The summed E-state index contributed by atoms with van der Waals surface area (Å²) < 4.78 is 0. The van der Waals surface area contributed by atoms with Crippen molar-refractivity contribution >= 4 is 17.7 Å². The number of carbonyl (C=O) groups is 1. The molecule has 0 aliphatic carbocycles. The summed E-state index contributed by atoms with van der Waals surface area (Å²) in [6, 6.07) is 7.67. The van der Waals surface area contributed by atoms with Crippen LogP contribution in [0.5, 0.6) is 0 Å². The van der Waals surface area contributed by atoms with Crippen molar-refractivity contribution in [2.45, 2.75) is 25.9 Å². The predicted octanol–water partition coefficient (Wildman–Crippen LogP) is 2.02. The fourth-order valence-electron chi connectivity index (χ4n) is 1.52. The van der Waals surface area contributed by atoms with Crippen molar-refractivity contribution in [1.29, 1.82) is 0 Å². The van der Waals surface area contributed by atoms with Gasteiger partial charge in [-0.25, -0.2) is 0 Å². The van der Waals surface area contributed by atoms with Crippen molar-refractivity contribution < 1.29 is 4.79 Å². The van der Waals surface area contributed by atoms with Crippen LogP contribution in [0.2, 0.25) is 0 Å². The Morgan fingerprint density at radius 3 is 2.53 bits per heavy atom. The molecule has 94 valence electrons. The summed E-state index contributed by atoms with van der Waals surface area (Å²) in [6.07, 6.45) is 3.00. The number of amides is 1. The molecule has 17 heavy (non-hydrogen) atoms. The zero-order valence-electron chi connectivity index (χ0n) is 10.4. The zero-order chi connectivity index (χ0) is 12.7. The third kappa shape index (κ3) is 4.40. The number of carbonyl (C=O) groups excluding carboxylic acids is 1. The molecule has 0 aliphatic rings. The predicted molar refractivity (Wildman–Crippen MR) is 74.3 cm³/mol. The van der Waals surface area contributed by atoms with Crippen LogP contribution in [-0.2, 0) is 6.54 Å². The Morgan fingerprint density at radius 1 is 1.41 bits per heavy atom. The highest BCUT2D eigenvalue weighted by Crippen LogP contribution is 2.06. The summed E-state index contributed by atoms with van der Waals surface area (Å²) in [5.74, 6) is 0.942. The van der Waals surface area contributed by atoms with Crippen molar-refractivity contribution in [2.75, 3.05) is 12.0 Å². The van der Waals surface area contributed by atoms with Gasteiger partial charge in [0.1, 0.15) is 0 Å². The highest BCUT2D eigenvalue weighted by Gasteiger charge is 2.11. The second-order valence-corrected chi connectivity index (χ2v) is 4.85. The average molecular weight is 252 g/mol. The van der Waals surface area contributed by atoms with Gasteiger partial charge in [0.2, 0.25) is 0 Å². The van der Waals surface area contributed by atoms with Gasteiger partial charge in [-0.1, -0.05) is 19.1 Å². The van der Waals surface area contributed by atoms with Gasteiger partial charge in [0, 0.05) is 23.9 Å². The molecule has 1 amide bonds. The van der Waals surface area contributed by atoms with Crippen LogP contribution in [0.4, 0.5) is 0 Å². The average Bonchev–Trinajstić information content (AvgIpc) is 2.38. The van der Waals surface area contributed by atoms with Crippen LogP contribution < -0.4 is 11.1 Å². The van der Waals surface area contributed by atoms with E-state index in [1.807, 2.05) is 30.5 Å². The quantitative estimate of drug-likeness (QED) is 0.814. The summed E-state index contributed by atoms with van der Waals surface area (Å²) in [5.41, 5.74) is 7.25. The molecule has 0 heterocycles. The molecule has 0 fully saturated rings. The maximum atomic E-state index is 11.9. The molecule has 1 rings (SSSR count). The molecule has 3 N–H and O–H groups in total. The third-order valence-electron chi connectivity index (χ3n) is 2.65. The molecule has 0 aromatic heterocycles. The fourth-order valence-corrected chi connectivity index (χ4v) is 2.25. The Balaban J connectivity index is 2.62. The number of nitrogens with one attached hydrogen (secondary N) is 1. The molecule has 1 unspecified atom stereocenters. The largest absolute Gasteiger partial charge is 0.348 e. The van der Waals surface area contributed by atoms with Crippen LogP contribution in [0.25, 0.3) is 0 Å². The lowest BCUT2D eigenvalue weighted by molar-refractivity contribution is 0.0940. The Morgan fingerprint density at radius 2 is 2.06 bits per heavy atom. The molecule has 0 saturated heterocycles. The SMILES string of the molecule is CCC(CSC)NC(=O)c1ccc(CN)cc1. The number of nitrogens with two attached hydrogens (primary N) is 1. The first-order chi connectivity index (χ1) is 8.21. The van der Waals surface area contributed by atoms with Gasteiger partial charge < -0.3 is 11.1 Å². The second kappa shape index (κ2) is 7.35. The Labute approximate surface area is 107 Å². The van der Waals surface area contributed by atoms with E-state index in [0.717, 1.165) is 17.7 Å². The lowest BCUT2D eigenvalue weighted by Gasteiger charge is -2.15. The number of hydrogen-bond donors (Lipinski definition) is 2. The Hall–Kier alpha value is -1.00. The molecular formula is C13H20N2OS. The van der Waals surface area contributed by atoms with Gasteiger partial charge in [0.15, 0.2) is 0 Å². The lowest BCUT2D eigenvalue weighted by Crippen LogP contribution is -2.36. The molecule has 1 atom stereocenters. The van der Waals surface area contributed by atoms with Gasteiger partial charge in [-0.15, -0.1) is 0 Å². The van der Waals surface area contributed by atoms with E-state index in [-0.39, 0.29) is 11.9 Å². The zero-order valence-corrected chi connectivity index (χ0v) is 11.2. The molecule has 0 spiro atoms. The molecule has 0 radical (unpaired) electrons. The Bertz CT molecular complexity index is 351. The first-order valence-electron chi connectivity index (χ1n) is 5.80. The molecule has 1 aromatic carbocycles. The molecular weight excluding hydrogens is 232 g/mol. The van der Waals surface area contributed by atoms with E-state index in [1.165, 1.54) is 0 Å². The van der Waals surface area contributed by atoms with E-state index in [9.17, 15) is 4.79 Å². The highest BCUT2D eigenvalue weighted by molar-refractivity contribution is 7.98. The first-order valence-corrected chi connectivity index (χ1v) is 7.19. The van der Waals surface area contributed by atoms with Gasteiger partial charge in [-0.3, -0.25) is 4.79 Å². The van der Waals surface area contributed by atoms with Crippen LogP contribution >= 0.6 is 11.8 Å². The van der Waals surface area contributed by atoms with Gasteiger partial charge in [0.25, 0.3) is 5.91 Å². The third-order valence-corrected chi connectivity index (χ3v) is 3.38. The van der Waals surface area contributed by atoms with Crippen molar-refractivity contribution in [3.8, 4) is 0 Å². The van der Waals surface area contributed by atoms with Crippen LogP contribution in [-0.4, -0.2) is 24.0 Å². The summed E-state index contributed by atoms with van der Waals surface area (Å²) in [7, 11) is 0. The van der Waals surface area contributed by atoms with Crippen molar-refractivity contribution in [3.63, 3.8) is 0 Å². The summed E-state index contributed by atoms with van der Waals surface area (Å²) in [5, 5.41) is 3.03. The minimum absolute atomic E-state index is 0.00512. The fraction of sp³-hybridized carbons (Fsp3) is 0.462. The highest BCUT2D eigenvalue weighted by atomic mass is 32.2. The van der Waals surface area contributed by atoms with Gasteiger partial charge in [0.05, 0.1) is 0 Å². The number of rotatable bonds is 6. The molecule has 4 heteroatoms. The molecule has 0 saturated carbocycles. The topological polar surface area (TPSA) is 55.1 Å². The van der Waals surface area contributed by atoms with E-state index in [1.54, 1.807) is 11.8 Å². The minimum atomic E-state index is -0.00512. The lowest BCUT2D eigenvalue weighted by atomic mass is 10.1. The van der Waals surface area contributed by atoms with Crippen LogP contribution in [0.15, 0.2) is 24.3 Å². The monoisotopic (exact) mass is 252 g/mol. The van der Waals surface area contributed by atoms with Crippen molar-refractivity contribution in [3.05, 3.63) is 35.4 Å².